The van der Waals surface area contributed by atoms with Crippen LogP contribution in [-0.4, -0.2) is 0 Å². The van der Waals surface area contributed by atoms with Gasteiger partial charge in [0, 0.05) is 11.6 Å². The second-order valence-electron chi connectivity index (χ2n) is 4.33. The molecule has 0 aliphatic heterocycles. The van der Waals surface area contributed by atoms with Gasteiger partial charge in [-0.2, -0.15) is 0 Å². The summed E-state index contributed by atoms with van der Waals surface area (Å²) in [6, 6.07) is 2.78. The van der Waals surface area contributed by atoms with E-state index >= 15 is 0 Å². The summed E-state index contributed by atoms with van der Waals surface area (Å²) in [5, 5.41) is 0.461. The average Bonchev–Trinajstić information content (AvgIpc) is 2.11. The first kappa shape index (κ1) is 12.5. The number of benzene rings is 1. The van der Waals surface area contributed by atoms with Crippen molar-refractivity contribution in [1.29, 1.82) is 0 Å². The number of nitrogens with two attached hydrogens (primary N) is 1. The Morgan fingerprint density at radius 1 is 1.40 bits per heavy atom. The predicted molar refractivity (Wildman–Crippen MR) is 62.5 cm³/mol. The summed E-state index contributed by atoms with van der Waals surface area (Å²) in [6.07, 6.45) is 0.736. The van der Waals surface area contributed by atoms with Crippen LogP contribution in [0.15, 0.2) is 12.1 Å². The van der Waals surface area contributed by atoms with Gasteiger partial charge in [-0.15, -0.1) is 0 Å². The molecule has 0 aliphatic carbocycles. The van der Waals surface area contributed by atoms with Crippen molar-refractivity contribution >= 4 is 11.6 Å². The SMILES string of the molecule is Cc1ccc(F)c([C@H](N)CC(C)C)c1Cl. The molecule has 0 spiro atoms. The molecule has 0 amide bonds. The summed E-state index contributed by atoms with van der Waals surface area (Å²) in [6.45, 7) is 5.97. The van der Waals surface area contributed by atoms with Crippen molar-refractivity contribution in [3.8, 4) is 0 Å². The van der Waals surface area contributed by atoms with Crippen molar-refractivity contribution in [1.82, 2.24) is 0 Å². The van der Waals surface area contributed by atoms with Crippen LogP contribution in [0.2, 0.25) is 5.02 Å². The Labute approximate surface area is 95.4 Å². The highest BCUT2D eigenvalue weighted by Crippen LogP contribution is 2.30. The number of rotatable bonds is 3. The molecule has 0 aromatic heterocycles. The van der Waals surface area contributed by atoms with Crippen molar-refractivity contribution < 1.29 is 4.39 Å². The Morgan fingerprint density at radius 3 is 2.53 bits per heavy atom. The topological polar surface area (TPSA) is 26.0 Å². The largest absolute Gasteiger partial charge is 0.324 e. The standard InChI is InChI=1S/C12H17ClFN/c1-7(2)6-10(15)11-9(14)5-4-8(3)12(11)13/h4-5,7,10H,6,15H2,1-3H3/t10-/m1/s1. The highest BCUT2D eigenvalue weighted by molar-refractivity contribution is 6.32. The van der Waals surface area contributed by atoms with Gasteiger partial charge in [0.05, 0.1) is 5.02 Å². The monoisotopic (exact) mass is 229 g/mol. The molecular weight excluding hydrogens is 213 g/mol. The molecule has 1 aromatic rings. The number of hydrogen-bond donors (Lipinski definition) is 1. The molecule has 1 atom stereocenters. The smallest absolute Gasteiger partial charge is 0.129 e. The Balaban J connectivity index is 3.07. The van der Waals surface area contributed by atoms with E-state index in [0.29, 0.717) is 16.5 Å². The minimum absolute atomic E-state index is 0.307. The molecule has 0 bridgehead atoms. The summed E-state index contributed by atoms with van der Waals surface area (Å²) >= 11 is 6.06. The maximum Gasteiger partial charge on any atom is 0.129 e. The van der Waals surface area contributed by atoms with Crippen LogP contribution in [0.4, 0.5) is 4.39 Å². The lowest BCUT2D eigenvalue weighted by Gasteiger charge is -2.17. The molecule has 1 nitrogen and oxygen atoms in total. The minimum atomic E-state index is -0.322. The second kappa shape index (κ2) is 4.95. The zero-order valence-electron chi connectivity index (χ0n) is 9.35. The molecule has 3 heteroatoms. The molecule has 15 heavy (non-hydrogen) atoms. The van der Waals surface area contributed by atoms with Crippen LogP contribution in [0.5, 0.6) is 0 Å². The van der Waals surface area contributed by atoms with E-state index in [-0.39, 0.29) is 11.9 Å². The van der Waals surface area contributed by atoms with E-state index in [1.54, 1.807) is 6.07 Å². The van der Waals surface area contributed by atoms with Gasteiger partial charge in [-0.3, -0.25) is 0 Å². The maximum atomic E-state index is 13.6. The van der Waals surface area contributed by atoms with Crippen LogP contribution in [0.25, 0.3) is 0 Å². The third-order valence-corrected chi connectivity index (χ3v) is 2.92. The maximum absolute atomic E-state index is 13.6. The molecule has 0 heterocycles. The van der Waals surface area contributed by atoms with Crippen LogP contribution >= 0.6 is 11.6 Å². The molecule has 0 saturated carbocycles. The van der Waals surface area contributed by atoms with Gasteiger partial charge in [0.15, 0.2) is 0 Å². The fraction of sp³-hybridized carbons (Fsp3) is 0.500. The van der Waals surface area contributed by atoms with Gasteiger partial charge < -0.3 is 5.73 Å². The van der Waals surface area contributed by atoms with Crippen LogP contribution in [0.3, 0.4) is 0 Å². The van der Waals surface area contributed by atoms with E-state index in [1.807, 2.05) is 6.92 Å². The summed E-state index contributed by atoms with van der Waals surface area (Å²) in [4.78, 5) is 0. The zero-order valence-corrected chi connectivity index (χ0v) is 10.1. The van der Waals surface area contributed by atoms with Crippen molar-refractivity contribution in [2.45, 2.75) is 33.2 Å². The fourth-order valence-corrected chi connectivity index (χ4v) is 1.94. The van der Waals surface area contributed by atoms with Gasteiger partial charge in [-0.05, 0) is 30.9 Å². The van der Waals surface area contributed by atoms with Crippen molar-refractivity contribution in [2.75, 3.05) is 0 Å². The molecule has 84 valence electrons. The fourth-order valence-electron chi connectivity index (χ4n) is 1.64. The Bertz CT molecular complexity index is 350. The molecule has 0 unspecified atom stereocenters. The van der Waals surface area contributed by atoms with E-state index in [2.05, 4.69) is 13.8 Å². The van der Waals surface area contributed by atoms with Gasteiger partial charge >= 0.3 is 0 Å². The Morgan fingerprint density at radius 2 is 2.00 bits per heavy atom. The van der Waals surface area contributed by atoms with Crippen LogP contribution < -0.4 is 5.73 Å². The van der Waals surface area contributed by atoms with E-state index in [1.165, 1.54) is 6.07 Å². The molecule has 1 aromatic carbocycles. The first-order chi connectivity index (χ1) is 6.93. The van der Waals surface area contributed by atoms with Crippen LogP contribution in [0.1, 0.15) is 37.4 Å². The summed E-state index contributed by atoms with van der Waals surface area (Å²) in [5.41, 5.74) is 7.26. The number of hydrogen-bond acceptors (Lipinski definition) is 1. The minimum Gasteiger partial charge on any atom is -0.324 e. The quantitative estimate of drug-likeness (QED) is 0.838. The third kappa shape index (κ3) is 2.93. The highest BCUT2D eigenvalue weighted by atomic mass is 35.5. The molecule has 0 radical (unpaired) electrons. The molecule has 0 saturated heterocycles. The van der Waals surface area contributed by atoms with E-state index < -0.39 is 0 Å². The zero-order chi connectivity index (χ0) is 11.6. The summed E-state index contributed by atoms with van der Waals surface area (Å²) in [5.74, 6) is 0.120. The Kier molecular flexibility index (Phi) is 4.12. The average molecular weight is 230 g/mol. The van der Waals surface area contributed by atoms with Crippen LogP contribution in [-0.2, 0) is 0 Å². The van der Waals surface area contributed by atoms with Gasteiger partial charge in [0.25, 0.3) is 0 Å². The van der Waals surface area contributed by atoms with E-state index in [9.17, 15) is 4.39 Å². The second-order valence-corrected chi connectivity index (χ2v) is 4.71. The predicted octanol–water partition coefficient (Wildman–Crippen LogP) is 3.83. The normalized spacial score (nSPS) is 13.3. The lowest BCUT2D eigenvalue weighted by molar-refractivity contribution is 0.489. The van der Waals surface area contributed by atoms with Gasteiger partial charge in [-0.1, -0.05) is 31.5 Å². The first-order valence-corrected chi connectivity index (χ1v) is 5.51. The van der Waals surface area contributed by atoms with Gasteiger partial charge in [0.1, 0.15) is 5.82 Å². The van der Waals surface area contributed by atoms with E-state index in [0.717, 1.165) is 12.0 Å². The molecule has 2 N–H and O–H groups in total. The lowest BCUT2D eigenvalue weighted by Crippen LogP contribution is -2.15. The summed E-state index contributed by atoms with van der Waals surface area (Å²) in [7, 11) is 0. The van der Waals surface area contributed by atoms with Crippen molar-refractivity contribution in [3.05, 3.63) is 34.1 Å². The lowest BCUT2D eigenvalue weighted by atomic mass is 9.96. The molecule has 1 rings (SSSR count). The summed E-state index contributed by atoms with van der Waals surface area (Å²) < 4.78 is 13.6. The molecule has 0 fully saturated rings. The van der Waals surface area contributed by atoms with Gasteiger partial charge in [-0.25, -0.2) is 4.39 Å². The Hall–Kier alpha value is -0.600. The third-order valence-electron chi connectivity index (χ3n) is 2.42. The number of halogens is 2. The van der Waals surface area contributed by atoms with E-state index in [4.69, 9.17) is 17.3 Å². The van der Waals surface area contributed by atoms with Crippen LogP contribution in [0, 0.1) is 18.7 Å². The highest BCUT2D eigenvalue weighted by Gasteiger charge is 2.17. The van der Waals surface area contributed by atoms with Crippen molar-refractivity contribution in [2.24, 2.45) is 11.7 Å². The first-order valence-electron chi connectivity index (χ1n) is 5.13. The number of aryl methyl sites for hydroxylation is 1. The molecule has 0 aliphatic rings. The van der Waals surface area contributed by atoms with Crippen molar-refractivity contribution in [3.63, 3.8) is 0 Å². The van der Waals surface area contributed by atoms with Gasteiger partial charge in [0.2, 0.25) is 0 Å². The molecular formula is C12H17ClFN.